The number of rotatable bonds is 7. The molecule has 0 spiro atoms. The first-order chi connectivity index (χ1) is 7.28. The second-order valence-electron chi connectivity index (χ2n) is 4.56. The molecule has 0 fully saturated rings. The van der Waals surface area contributed by atoms with E-state index in [1.807, 2.05) is 13.8 Å². The molecule has 16 heavy (non-hydrogen) atoms. The Hall–Kier alpha value is -1.14. The first kappa shape index (κ1) is 14.9. The van der Waals surface area contributed by atoms with Crippen LogP contribution in [0.15, 0.2) is 0 Å². The quantitative estimate of drug-likeness (QED) is 0.464. The number of nitrogens with one attached hydrogen (secondary N) is 1. The van der Waals surface area contributed by atoms with Crippen molar-refractivity contribution in [3.8, 4) is 0 Å². The molecule has 0 aliphatic carbocycles. The van der Waals surface area contributed by atoms with Gasteiger partial charge in [-0.25, -0.2) is 0 Å². The van der Waals surface area contributed by atoms with Gasteiger partial charge in [0.15, 0.2) is 0 Å². The lowest BCUT2D eigenvalue weighted by molar-refractivity contribution is -0.139. The number of hydrogen-bond acceptors (Lipinski definition) is 4. The van der Waals surface area contributed by atoms with Crippen LogP contribution >= 0.6 is 0 Å². The molecule has 0 aromatic heterocycles. The Morgan fingerprint density at radius 3 is 2.44 bits per heavy atom. The minimum absolute atomic E-state index is 0.0457. The maximum atomic E-state index is 11.4. The molecule has 0 aromatic carbocycles. The molecule has 0 rings (SSSR count). The number of carbonyl (C=O) groups is 2. The summed E-state index contributed by atoms with van der Waals surface area (Å²) < 4.78 is 0. The fourth-order valence-corrected chi connectivity index (χ4v) is 1.13. The van der Waals surface area contributed by atoms with E-state index in [4.69, 9.17) is 15.9 Å². The summed E-state index contributed by atoms with van der Waals surface area (Å²) in [6, 6.07) is -1.03. The number of aliphatic carboxylic acids is 1. The van der Waals surface area contributed by atoms with Crippen molar-refractivity contribution in [1.29, 1.82) is 0 Å². The maximum Gasteiger partial charge on any atom is 0.305 e. The number of carboxylic acids is 1. The van der Waals surface area contributed by atoms with E-state index >= 15 is 0 Å². The van der Waals surface area contributed by atoms with Crippen LogP contribution in [0.5, 0.6) is 0 Å². The fourth-order valence-electron chi connectivity index (χ4n) is 1.13. The summed E-state index contributed by atoms with van der Waals surface area (Å²) >= 11 is 0. The predicted molar refractivity (Wildman–Crippen MR) is 58.7 cm³/mol. The molecule has 1 amide bonds. The van der Waals surface area contributed by atoms with Gasteiger partial charge in [-0.1, -0.05) is 13.8 Å². The summed E-state index contributed by atoms with van der Waals surface area (Å²) in [6.07, 6.45) is 0.174. The third kappa shape index (κ3) is 6.36. The molecule has 0 heterocycles. The highest BCUT2D eigenvalue weighted by atomic mass is 16.4. The topological polar surface area (TPSA) is 113 Å². The van der Waals surface area contributed by atoms with Gasteiger partial charge >= 0.3 is 5.97 Å². The van der Waals surface area contributed by atoms with Crippen LogP contribution in [0.4, 0.5) is 0 Å². The number of hydrogen-bond donors (Lipinski definition) is 4. The smallest absolute Gasteiger partial charge is 0.305 e. The van der Waals surface area contributed by atoms with E-state index < -0.39 is 17.9 Å². The third-order valence-corrected chi connectivity index (χ3v) is 2.26. The van der Waals surface area contributed by atoms with Gasteiger partial charge in [0.1, 0.15) is 0 Å². The number of carboxylic acid groups (broad SMARTS) is 1. The van der Waals surface area contributed by atoms with Crippen molar-refractivity contribution >= 4 is 11.9 Å². The number of carbonyl (C=O) groups excluding carboxylic acids is 1. The standard InChI is InChI=1S/C10H20N2O4/c1-10(2,3-4-13)6-12-9(16)7(11)5-8(14)15/h7,13H,3-6,11H2,1-2H3,(H,12,16)(H,14,15). The number of amides is 1. The van der Waals surface area contributed by atoms with Crippen LogP contribution in [-0.2, 0) is 9.59 Å². The van der Waals surface area contributed by atoms with Gasteiger partial charge in [0.2, 0.25) is 5.91 Å². The molecular formula is C10H20N2O4. The molecule has 0 aliphatic heterocycles. The van der Waals surface area contributed by atoms with Crippen LogP contribution < -0.4 is 11.1 Å². The molecule has 0 bridgehead atoms. The molecule has 6 nitrogen and oxygen atoms in total. The van der Waals surface area contributed by atoms with Gasteiger partial charge in [0.25, 0.3) is 0 Å². The Morgan fingerprint density at radius 2 is 2.00 bits per heavy atom. The van der Waals surface area contributed by atoms with Gasteiger partial charge in [-0.3, -0.25) is 9.59 Å². The molecule has 0 aliphatic rings. The number of aliphatic hydroxyl groups excluding tert-OH is 1. The zero-order valence-corrected chi connectivity index (χ0v) is 9.69. The van der Waals surface area contributed by atoms with E-state index in [2.05, 4.69) is 5.32 Å². The second-order valence-corrected chi connectivity index (χ2v) is 4.56. The van der Waals surface area contributed by atoms with E-state index in [-0.39, 0.29) is 18.4 Å². The highest BCUT2D eigenvalue weighted by molar-refractivity contribution is 5.85. The SMILES string of the molecule is CC(C)(CCO)CNC(=O)C(N)CC(=O)O. The van der Waals surface area contributed by atoms with Gasteiger partial charge in [0, 0.05) is 13.2 Å². The molecule has 0 saturated heterocycles. The monoisotopic (exact) mass is 232 g/mol. The molecule has 94 valence electrons. The summed E-state index contributed by atoms with van der Waals surface area (Å²) in [5.74, 6) is -1.58. The van der Waals surface area contributed by atoms with Crippen molar-refractivity contribution in [1.82, 2.24) is 5.32 Å². The molecule has 0 aromatic rings. The average Bonchev–Trinajstić information content (AvgIpc) is 2.13. The third-order valence-electron chi connectivity index (χ3n) is 2.26. The van der Waals surface area contributed by atoms with E-state index in [9.17, 15) is 9.59 Å². The van der Waals surface area contributed by atoms with E-state index in [0.717, 1.165) is 0 Å². The van der Waals surface area contributed by atoms with Crippen molar-refractivity contribution in [2.45, 2.75) is 32.7 Å². The number of aliphatic hydroxyl groups is 1. The highest BCUT2D eigenvalue weighted by Crippen LogP contribution is 2.17. The normalized spacial score (nSPS) is 13.2. The van der Waals surface area contributed by atoms with Crippen LogP contribution in [0, 0.1) is 5.41 Å². The van der Waals surface area contributed by atoms with Gasteiger partial charge in [-0.2, -0.15) is 0 Å². The average molecular weight is 232 g/mol. The minimum Gasteiger partial charge on any atom is -0.481 e. The van der Waals surface area contributed by atoms with Gasteiger partial charge in [0.05, 0.1) is 12.5 Å². The predicted octanol–water partition coefficient (Wildman–Crippen LogP) is -0.687. The molecule has 0 radical (unpaired) electrons. The highest BCUT2D eigenvalue weighted by Gasteiger charge is 2.21. The Labute approximate surface area is 94.8 Å². The molecule has 5 N–H and O–H groups in total. The Balaban J connectivity index is 4.01. The zero-order valence-electron chi connectivity index (χ0n) is 9.69. The van der Waals surface area contributed by atoms with Crippen LogP contribution in [0.25, 0.3) is 0 Å². The first-order valence-electron chi connectivity index (χ1n) is 5.14. The van der Waals surface area contributed by atoms with E-state index in [1.165, 1.54) is 0 Å². The molecule has 6 heteroatoms. The Bertz CT molecular complexity index is 253. The second kappa shape index (κ2) is 6.44. The van der Waals surface area contributed by atoms with Gasteiger partial charge < -0.3 is 21.3 Å². The van der Waals surface area contributed by atoms with Crippen molar-refractivity contribution in [3.05, 3.63) is 0 Å². The molecular weight excluding hydrogens is 212 g/mol. The van der Waals surface area contributed by atoms with Gasteiger partial charge in [-0.15, -0.1) is 0 Å². The summed E-state index contributed by atoms with van der Waals surface area (Å²) in [5.41, 5.74) is 5.15. The summed E-state index contributed by atoms with van der Waals surface area (Å²) in [6.45, 7) is 4.20. The lowest BCUT2D eigenvalue weighted by Crippen LogP contribution is -2.45. The summed E-state index contributed by atoms with van der Waals surface area (Å²) in [7, 11) is 0. The van der Waals surface area contributed by atoms with Crippen molar-refractivity contribution in [3.63, 3.8) is 0 Å². The lowest BCUT2D eigenvalue weighted by Gasteiger charge is -2.24. The summed E-state index contributed by atoms with van der Waals surface area (Å²) in [4.78, 5) is 21.7. The van der Waals surface area contributed by atoms with E-state index in [0.29, 0.717) is 13.0 Å². The lowest BCUT2D eigenvalue weighted by atomic mass is 9.89. The van der Waals surface area contributed by atoms with Crippen molar-refractivity contribution in [2.24, 2.45) is 11.1 Å². The molecule has 1 unspecified atom stereocenters. The van der Waals surface area contributed by atoms with Crippen LogP contribution in [0.1, 0.15) is 26.7 Å². The number of nitrogens with two attached hydrogens (primary N) is 1. The summed E-state index contributed by atoms with van der Waals surface area (Å²) in [5, 5.41) is 19.8. The molecule has 0 saturated carbocycles. The van der Waals surface area contributed by atoms with Gasteiger partial charge in [-0.05, 0) is 11.8 Å². The minimum atomic E-state index is -1.10. The van der Waals surface area contributed by atoms with Crippen molar-refractivity contribution in [2.75, 3.05) is 13.2 Å². The van der Waals surface area contributed by atoms with Crippen LogP contribution in [0.3, 0.4) is 0 Å². The Kier molecular flexibility index (Phi) is 5.98. The Morgan fingerprint density at radius 1 is 1.44 bits per heavy atom. The van der Waals surface area contributed by atoms with Crippen molar-refractivity contribution < 1.29 is 19.8 Å². The largest absolute Gasteiger partial charge is 0.481 e. The van der Waals surface area contributed by atoms with Crippen LogP contribution in [0.2, 0.25) is 0 Å². The molecule has 1 atom stereocenters. The van der Waals surface area contributed by atoms with E-state index in [1.54, 1.807) is 0 Å². The first-order valence-corrected chi connectivity index (χ1v) is 5.14. The van der Waals surface area contributed by atoms with Crippen LogP contribution in [-0.4, -0.2) is 41.3 Å². The zero-order chi connectivity index (χ0) is 12.8. The maximum absolute atomic E-state index is 11.4. The fraction of sp³-hybridized carbons (Fsp3) is 0.800.